The first-order valence-electron chi connectivity index (χ1n) is 7.39. The molecule has 5 heteroatoms. The van der Waals surface area contributed by atoms with E-state index >= 15 is 0 Å². The van der Waals surface area contributed by atoms with E-state index in [1.54, 1.807) is 0 Å². The van der Waals surface area contributed by atoms with Gasteiger partial charge in [-0.2, -0.15) is 0 Å². The summed E-state index contributed by atoms with van der Waals surface area (Å²) < 4.78 is 0. The van der Waals surface area contributed by atoms with Crippen LogP contribution in [0.1, 0.15) is 58.8 Å². The highest BCUT2D eigenvalue weighted by Gasteiger charge is 2.20. The van der Waals surface area contributed by atoms with Crippen LogP contribution in [-0.2, 0) is 0 Å². The molecule has 0 fully saturated rings. The summed E-state index contributed by atoms with van der Waals surface area (Å²) in [5.41, 5.74) is 3.71. The Labute approximate surface area is 123 Å². The van der Waals surface area contributed by atoms with Gasteiger partial charge in [0.2, 0.25) is 0 Å². The third kappa shape index (κ3) is 3.82. The second-order valence-corrected chi connectivity index (χ2v) is 6.32. The fourth-order valence-electron chi connectivity index (χ4n) is 2.14. The average Bonchev–Trinajstić information content (AvgIpc) is 2.35. The van der Waals surface area contributed by atoms with Gasteiger partial charge >= 0.3 is 0 Å². The van der Waals surface area contributed by atoms with Crippen molar-refractivity contribution in [3.63, 3.8) is 0 Å². The lowest BCUT2D eigenvalue weighted by molar-refractivity contribution is 0.562. The quantitative estimate of drug-likeness (QED) is 0.619. The van der Waals surface area contributed by atoms with E-state index in [-0.39, 0.29) is 5.92 Å². The maximum absolute atomic E-state index is 5.61. The van der Waals surface area contributed by atoms with Crippen molar-refractivity contribution in [2.75, 3.05) is 16.9 Å². The van der Waals surface area contributed by atoms with E-state index in [2.05, 4.69) is 56.9 Å². The Bertz CT molecular complexity index is 440. The molecule has 1 rings (SSSR count). The first-order chi connectivity index (χ1) is 9.27. The Balaban J connectivity index is 3.35. The Morgan fingerprint density at radius 3 is 2.10 bits per heavy atom. The van der Waals surface area contributed by atoms with Crippen LogP contribution in [0, 0.1) is 12.8 Å². The van der Waals surface area contributed by atoms with Crippen LogP contribution >= 0.6 is 0 Å². The third-order valence-corrected chi connectivity index (χ3v) is 3.25. The molecule has 0 amide bonds. The molecule has 0 spiro atoms. The highest BCUT2D eigenvalue weighted by Crippen LogP contribution is 2.27. The summed E-state index contributed by atoms with van der Waals surface area (Å²) in [5.74, 6) is 8.98. The first kappa shape index (κ1) is 16.7. The van der Waals surface area contributed by atoms with Gasteiger partial charge in [0.25, 0.3) is 0 Å². The number of rotatable bonds is 6. The number of hydrogen-bond acceptors (Lipinski definition) is 5. The van der Waals surface area contributed by atoms with Crippen molar-refractivity contribution in [2.24, 2.45) is 11.8 Å². The summed E-state index contributed by atoms with van der Waals surface area (Å²) >= 11 is 0. The molecule has 3 N–H and O–H groups in total. The van der Waals surface area contributed by atoms with Gasteiger partial charge in [0.15, 0.2) is 0 Å². The van der Waals surface area contributed by atoms with E-state index in [0.717, 1.165) is 23.8 Å². The van der Waals surface area contributed by atoms with Crippen molar-refractivity contribution < 1.29 is 0 Å². The zero-order valence-electron chi connectivity index (χ0n) is 13.9. The predicted octanol–water partition coefficient (Wildman–Crippen LogP) is 3.06. The second kappa shape index (κ2) is 6.88. The minimum Gasteiger partial charge on any atom is -0.354 e. The molecular weight excluding hydrogens is 250 g/mol. The van der Waals surface area contributed by atoms with Crippen molar-refractivity contribution in [2.45, 2.75) is 60.4 Å². The third-order valence-electron chi connectivity index (χ3n) is 3.25. The number of hydrazine groups is 1. The second-order valence-electron chi connectivity index (χ2n) is 6.32. The minimum absolute atomic E-state index is 0.273. The van der Waals surface area contributed by atoms with Gasteiger partial charge in [-0.1, -0.05) is 27.7 Å². The van der Waals surface area contributed by atoms with Gasteiger partial charge in [0.05, 0.1) is 0 Å². The Morgan fingerprint density at radius 2 is 1.70 bits per heavy atom. The number of nitrogens with zero attached hydrogens (tertiary/aromatic N) is 3. The van der Waals surface area contributed by atoms with Crippen molar-refractivity contribution in [3.05, 3.63) is 11.4 Å². The zero-order chi connectivity index (χ0) is 15.4. The van der Waals surface area contributed by atoms with Gasteiger partial charge in [0, 0.05) is 24.1 Å². The standard InChI is InChI=1S/C15H29N5/c1-9(2)8-20(11(5)6)15-12(7)14(19-16)17-13(18-15)10(3)4/h9-11H,8,16H2,1-7H3,(H,17,18,19). The monoisotopic (exact) mass is 279 g/mol. The molecule has 0 saturated carbocycles. The van der Waals surface area contributed by atoms with Gasteiger partial charge < -0.3 is 10.3 Å². The number of aromatic nitrogens is 2. The number of nitrogens with one attached hydrogen (secondary N) is 1. The molecule has 0 aliphatic heterocycles. The highest BCUT2D eigenvalue weighted by atomic mass is 15.3. The SMILES string of the molecule is Cc1c(NN)nc(C(C)C)nc1N(CC(C)C)C(C)C. The van der Waals surface area contributed by atoms with Gasteiger partial charge in [-0.25, -0.2) is 15.8 Å². The molecule has 5 nitrogen and oxygen atoms in total. The number of anilines is 2. The van der Waals surface area contributed by atoms with Gasteiger partial charge in [-0.15, -0.1) is 0 Å². The van der Waals surface area contributed by atoms with Crippen molar-refractivity contribution >= 4 is 11.6 Å². The summed E-state index contributed by atoms with van der Waals surface area (Å²) in [6, 6.07) is 0.386. The van der Waals surface area contributed by atoms with Crippen LogP contribution < -0.4 is 16.2 Å². The fourth-order valence-corrected chi connectivity index (χ4v) is 2.14. The van der Waals surface area contributed by atoms with E-state index < -0.39 is 0 Å². The Morgan fingerprint density at radius 1 is 1.10 bits per heavy atom. The average molecular weight is 279 g/mol. The van der Waals surface area contributed by atoms with Gasteiger partial charge in [-0.05, 0) is 26.7 Å². The largest absolute Gasteiger partial charge is 0.354 e. The number of nitrogens with two attached hydrogens (primary N) is 1. The van der Waals surface area contributed by atoms with Crippen molar-refractivity contribution in [3.8, 4) is 0 Å². The Kier molecular flexibility index (Phi) is 5.74. The lowest BCUT2D eigenvalue weighted by Gasteiger charge is -2.31. The first-order valence-corrected chi connectivity index (χ1v) is 7.39. The van der Waals surface area contributed by atoms with E-state index in [4.69, 9.17) is 10.8 Å². The van der Waals surface area contributed by atoms with Crippen LogP contribution in [0.3, 0.4) is 0 Å². The topological polar surface area (TPSA) is 67.1 Å². The predicted molar refractivity (Wildman–Crippen MR) is 86.0 cm³/mol. The number of hydrogen-bond donors (Lipinski definition) is 2. The Hall–Kier alpha value is -1.36. The maximum atomic E-state index is 5.61. The van der Waals surface area contributed by atoms with Gasteiger partial charge in [-0.3, -0.25) is 0 Å². The van der Waals surface area contributed by atoms with Crippen molar-refractivity contribution in [1.29, 1.82) is 0 Å². The van der Waals surface area contributed by atoms with Crippen LogP contribution in [0.2, 0.25) is 0 Å². The zero-order valence-corrected chi connectivity index (χ0v) is 13.9. The molecule has 1 aromatic rings. The molecule has 0 aliphatic rings. The molecule has 1 aromatic heterocycles. The lowest BCUT2D eigenvalue weighted by atomic mass is 10.1. The van der Waals surface area contributed by atoms with Crippen LogP contribution in [0.4, 0.5) is 11.6 Å². The molecule has 114 valence electrons. The summed E-state index contributed by atoms with van der Waals surface area (Å²) in [6.45, 7) is 16.0. The van der Waals surface area contributed by atoms with Crippen molar-refractivity contribution in [1.82, 2.24) is 9.97 Å². The highest BCUT2D eigenvalue weighted by molar-refractivity contribution is 5.58. The number of nitrogen functional groups attached to an aromatic ring is 1. The molecule has 0 aliphatic carbocycles. The molecule has 1 heterocycles. The van der Waals surface area contributed by atoms with Gasteiger partial charge in [0.1, 0.15) is 17.5 Å². The summed E-state index contributed by atoms with van der Waals surface area (Å²) in [6.07, 6.45) is 0. The molecule has 0 saturated heterocycles. The molecule has 0 atom stereocenters. The summed E-state index contributed by atoms with van der Waals surface area (Å²) in [7, 11) is 0. The van der Waals surface area contributed by atoms with Crippen LogP contribution in [0.15, 0.2) is 0 Å². The van der Waals surface area contributed by atoms with E-state index in [0.29, 0.717) is 17.8 Å². The fraction of sp³-hybridized carbons (Fsp3) is 0.733. The van der Waals surface area contributed by atoms with E-state index in [1.807, 2.05) is 6.92 Å². The van der Waals surface area contributed by atoms with Crippen LogP contribution in [0.5, 0.6) is 0 Å². The van der Waals surface area contributed by atoms with E-state index in [1.165, 1.54) is 0 Å². The lowest BCUT2D eigenvalue weighted by Crippen LogP contribution is -2.36. The van der Waals surface area contributed by atoms with E-state index in [9.17, 15) is 0 Å². The summed E-state index contributed by atoms with van der Waals surface area (Å²) in [4.78, 5) is 11.6. The normalized spacial score (nSPS) is 11.6. The molecule has 0 radical (unpaired) electrons. The maximum Gasteiger partial charge on any atom is 0.148 e. The van der Waals surface area contributed by atoms with Crippen LogP contribution in [0.25, 0.3) is 0 Å². The molecule has 20 heavy (non-hydrogen) atoms. The molecule has 0 bridgehead atoms. The van der Waals surface area contributed by atoms with Crippen LogP contribution in [-0.4, -0.2) is 22.6 Å². The molecular formula is C15H29N5. The molecule has 0 aromatic carbocycles. The minimum atomic E-state index is 0.273. The smallest absolute Gasteiger partial charge is 0.148 e. The molecule has 0 unspecified atom stereocenters. The summed E-state index contributed by atoms with van der Waals surface area (Å²) in [5, 5.41) is 0.